The van der Waals surface area contributed by atoms with Gasteiger partial charge in [0.15, 0.2) is 0 Å². The number of halogens is 1. The minimum absolute atomic E-state index is 0.0938. The first-order valence-corrected chi connectivity index (χ1v) is 10.9. The number of nitrogens with zero attached hydrogens (tertiary/aromatic N) is 1. The van der Waals surface area contributed by atoms with Gasteiger partial charge in [-0.15, -0.1) is 0 Å². The van der Waals surface area contributed by atoms with Crippen molar-refractivity contribution in [2.24, 2.45) is 5.73 Å². The van der Waals surface area contributed by atoms with Gasteiger partial charge in [-0.1, -0.05) is 36.4 Å². The molecule has 30 heavy (non-hydrogen) atoms. The lowest BCUT2D eigenvalue weighted by Crippen LogP contribution is -2.35. The minimum Gasteiger partial charge on any atom is -0.343 e. The molecule has 3 rings (SSSR count). The van der Waals surface area contributed by atoms with Gasteiger partial charge in [-0.2, -0.15) is 0 Å². The van der Waals surface area contributed by atoms with Crippen LogP contribution in [0.1, 0.15) is 24.8 Å². The van der Waals surface area contributed by atoms with Crippen LogP contribution in [0.4, 0.5) is 4.39 Å². The van der Waals surface area contributed by atoms with Crippen molar-refractivity contribution in [1.82, 2.24) is 9.62 Å². The van der Waals surface area contributed by atoms with E-state index in [2.05, 4.69) is 4.72 Å². The largest absolute Gasteiger partial charge is 0.343 e. The number of carbonyl (C=O) groups excluding carboxylic acids is 2. The molecule has 1 aliphatic rings. The van der Waals surface area contributed by atoms with Crippen LogP contribution in [0.3, 0.4) is 0 Å². The second-order valence-corrected chi connectivity index (χ2v) is 8.05. The first-order chi connectivity index (χ1) is 14.5. The molecule has 2 atom stereocenters. The molecule has 1 saturated heterocycles. The Labute approximate surface area is 180 Å². The van der Waals surface area contributed by atoms with E-state index < -0.39 is 11.0 Å². The number of hydrogen-bond donors (Lipinski definition) is 2. The standard InChI is InChI=1S/C14H19FN2O.C7H9NOS.CH2O/c15-13-6-2-1-5-11(13)9-12(16)10-14(18)17-7-3-4-8-17;1-8-10(9)7-5-3-2-4-6-7;1-2/h1-2,5-6,12H,3-4,7-10,16H2;2-6,8H,1H3;1H2. The fraction of sp³-hybridized carbons (Fsp3) is 0.364. The first kappa shape index (κ1) is 25.6. The number of nitrogens with one attached hydrogen (secondary N) is 1. The summed E-state index contributed by atoms with van der Waals surface area (Å²) in [5, 5.41) is 0. The van der Waals surface area contributed by atoms with E-state index in [1.165, 1.54) is 6.07 Å². The van der Waals surface area contributed by atoms with E-state index in [9.17, 15) is 13.4 Å². The SMILES string of the molecule is C=O.CNS(=O)c1ccccc1.NC(CC(=O)N1CCCC1)Cc1ccccc1F. The summed E-state index contributed by atoms with van der Waals surface area (Å²) in [6.45, 7) is 3.68. The number of likely N-dealkylation sites (tertiary alicyclic amines) is 1. The quantitative estimate of drug-likeness (QED) is 0.729. The molecule has 0 bridgehead atoms. The molecule has 8 heteroatoms. The summed E-state index contributed by atoms with van der Waals surface area (Å²) in [7, 11) is 0.629. The normalized spacial score (nSPS) is 14.6. The predicted octanol–water partition coefficient (Wildman–Crippen LogP) is 2.45. The highest BCUT2D eigenvalue weighted by atomic mass is 32.2. The zero-order chi connectivity index (χ0) is 22.4. The second kappa shape index (κ2) is 14.5. The van der Waals surface area contributed by atoms with Crippen LogP contribution >= 0.6 is 0 Å². The molecule has 2 aromatic rings. The van der Waals surface area contributed by atoms with Crippen LogP contribution in [0, 0.1) is 5.82 Å². The monoisotopic (exact) mass is 435 g/mol. The van der Waals surface area contributed by atoms with Crippen molar-refractivity contribution in [2.75, 3.05) is 20.1 Å². The zero-order valence-electron chi connectivity index (χ0n) is 17.3. The van der Waals surface area contributed by atoms with Crippen LogP contribution in [0.25, 0.3) is 0 Å². The Kier molecular flexibility index (Phi) is 12.4. The molecular weight excluding hydrogens is 405 g/mol. The molecule has 1 aliphatic heterocycles. The lowest BCUT2D eigenvalue weighted by atomic mass is 10.0. The maximum absolute atomic E-state index is 13.4. The van der Waals surface area contributed by atoms with Crippen molar-refractivity contribution >= 4 is 23.7 Å². The van der Waals surface area contributed by atoms with Gasteiger partial charge >= 0.3 is 0 Å². The molecule has 0 saturated carbocycles. The van der Waals surface area contributed by atoms with E-state index in [0.29, 0.717) is 18.4 Å². The van der Waals surface area contributed by atoms with Gasteiger partial charge < -0.3 is 15.4 Å². The Hall–Kier alpha value is -2.42. The average molecular weight is 436 g/mol. The summed E-state index contributed by atoms with van der Waals surface area (Å²) >= 11 is 0. The highest BCUT2D eigenvalue weighted by Crippen LogP contribution is 2.13. The molecule has 1 fully saturated rings. The van der Waals surface area contributed by atoms with E-state index in [0.717, 1.165) is 30.8 Å². The molecule has 0 spiro atoms. The number of benzene rings is 2. The van der Waals surface area contributed by atoms with Gasteiger partial charge in [0.25, 0.3) is 0 Å². The molecule has 0 aromatic heterocycles. The van der Waals surface area contributed by atoms with Gasteiger partial charge in [-0.05, 0) is 50.1 Å². The van der Waals surface area contributed by atoms with Crippen molar-refractivity contribution in [2.45, 2.75) is 36.6 Å². The Bertz CT molecular complexity index is 786. The Balaban J connectivity index is 0.000000318. The Morgan fingerprint density at radius 3 is 2.27 bits per heavy atom. The molecule has 1 amide bonds. The van der Waals surface area contributed by atoms with Gasteiger partial charge in [-0.25, -0.2) is 13.3 Å². The summed E-state index contributed by atoms with van der Waals surface area (Å²) in [4.78, 5) is 22.5. The van der Waals surface area contributed by atoms with E-state index >= 15 is 0 Å². The van der Waals surface area contributed by atoms with E-state index in [4.69, 9.17) is 10.5 Å². The summed E-state index contributed by atoms with van der Waals surface area (Å²) in [6.07, 6.45) is 2.86. The highest BCUT2D eigenvalue weighted by Gasteiger charge is 2.20. The number of carbonyl (C=O) groups is 2. The Morgan fingerprint density at radius 1 is 1.13 bits per heavy atom. The predicted molar refractivity (Wildman–Crippen MR) is 118 cm³/mol. The van der Waals surface area contributed by atoms with Gasteiger partial charge in [0.1, 0.15) is 23.6 Å². The molecule has 2 unspecified atom stereocenters. The smallest absolute Gasteiger partial charge is 0.224 e. The second-order valence-electron chi connectivity index (χ2n) is 6.63. The van der Waals surface area contributed by atoms with Crippen molar-refractivity contribution in [3.63, 3.8) is 0 Å². The number of nitrogens with two attached hydrogens (primary N) is 1. The minimum atomic E-state index is -1.04. The summed E-state index contributed by atoms with van der Waals surface area (Å²) in [6, 6.07) is 15.5. The van der Waals surface area contributed by atoms with E-state index in [1.807, 2.05) is 42.0 Å². The van der Waals surface area contributed by atoms with Crippen LogP contribution in [-0.2, 0) is 27.0 Å². The van der Waals surface area contributed by atoms with Gasteiger partial charge in [-0.3, -0.25) is 4.79 Å². The maximum Gasteiger partial charge on any atom is 0.224 e. The molecule has 0 radical (unpaired) electrons. The van der Waals surface area contributed by atoms with Crippen LogP contribution in [0.15, 0.2) is 59.5 Å². The third-order valence-corrected chi connectivity index (χ3v) is 5.55. The van der Waals surface area contributed by atoms with Crippen LogP contribution < -0.4 is 10.5 Å². The highest BCUT2D eigenvalue weighted by molar-refractivity contribution is 7.83. The van der Waals surface area contributed by atoms with Crippen LogP contribution in [-0.4, -0.2) is 48.0 Å². The summed E-state index contributed by atoms with van der Waals surface area (Å²) in [5.74, 6) is -0.155. The van der Waals surface area contributed by atoms with Crippen molar-refractivity contribution < 1.29 is 18.2 Å². The van der Waals surface area contributed by atoms with Crippen molar-refractivity contribution in [1.29, 1.82) is 0 Å². The Morgan fingerprint density at radius 2 is 1.70 bits per heavy atom. The number of amides is 1. The van der Waals surface area contributed by atoms with Crippen molar-refractivity contribution in [3.8, 4) is 0 Å². The molecule has 0 aliphatic carbocycles. The fourth-order valence-electron chi connectivity index (χ4n) is 3.00. The molecule has 3 N–H and O–H groups in total. The molecule has 1 heterocycles. The topological polar surface area (TPSA) is 92.5 Å². The zero-order valence-corrected chi connectivity index (χ0v) is 18.1. The van der Waals surface area contributed by atoms with Gasteiger partial charge in [0, 0.05) is 25.6 Å². The maximum atomic E-state index is 13.4. The fourth-order valence-corrected chi connectivity index (χ4v) is 3.64. The van der Waals surface area contributed by atoms with Crippen LogP contribution in [0.5, 0.6) is 0 Å². The van der Waals surface area contributed by atoms with Crippen LogP contribution in [0.2, 0.25) is 0 Å². The van der Waals surface area contributed by atoms with E-state index in [1.54, 1.807) is 25.2 Å². The summed E-state index contributed by atoms with van der Waals surface area (Å²) in [5.41, 5.74) is 6.51. The number of rotatable bonds is 6. The molecule has 164 valence electrons. The molecule has 2 aromatic carbocycles. The van der Waals surface area contributed by atoms with Gasteiger partial charge in [0.05, 0.1) is 4.90 Å². The van der Waals surface area contributed by atoms with Crippen molar-refractivity contribution in [3.05, 3.63) is 66.0 Å². The third-order valence-electron chi connectivity index (χ3n) is 4.48. The third kappa shape index (κ3) is 8.94. The molecular formula is C22H30FN3O3S. The van der Waals surface area contributed by atoms with Gasteiger partial charge in [0.2, 0.25) is 5.91 Å². The first-order valence-electron chi connectivity index (χ1n) is 9.71. The number of hydrogen-bond acceptors (Lipinski definition) is 4. The van der Waals surface area contributed by atoms with E-state index in [-0.39, 0.29) is 17.8 Å². The summed E-state index contributed by atoms with van der Waals surface area (Å²) < 4.78 is 27.1. The lowest BCUT2D eigenvalue weighted by molar-refractivity contribution is -0.130. The molecule has 6 nitrogen and oxygen atoms in total. The average Bonchev–Trinajstić information content (AvgIpc) is 3.32. The lowest BCUT2D eigenvalue weighted by Gasteiger charge is -2.18.